The highest BCUT2D eigenvalue weighted by Gasteiger charge is 2.39. The van der Waals surface area contributed by atoms with Crippen LogP contribution in [0, 0.1) is 0 Å². The number of aromatic nitrogens is 2. The number of rotatable bonds is 7. The van der Waals surface area contributed by atoms with Crippen LogP contribution in [-0.2, 0) is 4.43 Å². The predicted octanol–water partition coefficient (Wildman–Crippen LogP) is 5.20. The summed E-state index contributed by atoms with van der Waals surface area (Å²) in [6.45, 7) is 9.96. The van der Waals surface area contributed by atoms with Gasteiger partial charge in [0, 0.05) is 22.8 Å². The van der Waals surface area contributed by atoms with Crippen LogP contribution in [0.25, 0.3) is 22.2 Å². The van der Waals surface area contributed by atoms with Gasteiger partial charge in [0.1, 0.15) is 19.4 Å². The van der Waals surface area contributed by atoms with Crippen LogP contribution in [-0.4, -0.2) is 37.7 Å². The number of anilines is 2. The Labute approximate surface area is 183 Å². The van der Waals surface area contributed by atoms with Gasteiger partial charge in [-0.25, -0.2) is 14.4 Å². The van der Waals surface area contributed by atoms with Gasteiger partial charge in [-0.2, -0.15) is 0 Å². The second kappa shape index (κ2) is 8.80. The molecule has 166 valence electrons. The van der Waals surface area contributed by atoms with Gasteiger partial charge >= 0.3 is 0 Å². The van der Waals surface area contributed by atoms with Crippen molar-refractivity contribution in [1.82, 2.24) is 9.97 Å². The number of benzene rings is 1. The van der Waals surface area contributed by atoms with Crippen LogP contribution in [0.1, 0.15) is 20.8 Å². The SMILES string of the molecule is CC(C)(C)[Si](C)(C)OC(CF)COc1cc(-c2ccc3cc(N)ccc3n2)cnc1N. The van der Waals surface area contributed by atoms with Crippen molar-refractivity contribution in [3.63, 3.8) is 0 Å². The van der Waals surface area contributed by atoms with Crippen molar-refractivity contribution in [2.45, 2.75) is 45.0 Å². The Morgan fingerprint density at radius 1 is 1.10 bits per heavy atom. The third kappa shape index (κ3) is 5.32. The zero-order valence-corrected chi connectivity index (χ0v) is 19.8. The molecule has 0 radical (unpaired) electrons. The first-order valence-electron chi connectivity index (χ1n) is 10.3. The second-order valence-corrected chi connectivity index (χ2v) is 14.0. The summed E-state index contributed by atoms with van der Waals surface area (Å²) in [5.74, 6) is 0.622. The molecule has 3 rings (SSSR count). The Hall–Kier alpha value is -2.71. The van der Waals surface area contributed by atoms with Crippen LogP contribution >= 0.6 is 0 Å². The van der Waals surface area contributed by atoms with Gasteiger partial charge in [-0.1, -0.05) is 26.8 Å². The molecule has 0 fully saturated rings. The predicted molar refractivity (Wildman–Crippen MR) is 127 cm³/mol. The van der Waals surface area contributed by atoms with Gasteiger partial charge in [0.2, 0.25) is 0 Å². The molecule has 1 aromatic carbocycles. The molecule has 0 aliphatic rings. The summed E-state index contributed by atoms with van der Waals surface area (Å²) in [6, 6.07) is 11.2. The van der Waals surface area contributed by atoms with E-state index in [0.29, 0.717) is 11.4 Å². The molecule has 2 heterocycles. The van der Waals surface area contributed by atoms with E-state index in [0.717, 1.165) is 22.2 Å². The number of fused-ring (bicyclic) bond motifs is 1. The molecule has 0 saturated carbocycles. The molecule has 3 aromatic rings. The minimum absolute atomic E-state index is 0.0205. The van der Waals surface area contributed by atoms with Crippen molar-refractivity contribution in [1.29, 1.82) is 0 Å². The van der Waals surface area contributed by atoms with Crippen molar-refractivity contribution in [2.75, 3.05) is 24.7 Å². The lowest BCUT2D eigenvalue weighted by Crippen LogP contribution is -2.46. The van der Waals surface area contributed by atoms with Gasteiger partial charge in [0.25, 0.3) is 0 Å². The molecule has 1 atom stereocenters. The molecule has 0 amide bonds. The van der Waals surface area contributed by atoms with Gasteiger partial charge in [-0.05, 0) is 48.5 Å². The topological polar surface area (TPSA) is 96.3 Å². The van der Waals surface area contributed by atoms with Crippen LogP contribution in [0.4, 0.5) is 15.9 Å². The van der Waals surface area contributed by atoms with E-state index in [2.05, 4.69) is 43.8 Å². The zero-order chi connectivity index (χ0) is 22.8. The zero-order valence-electron chi connectivity index (χ0n) is 18.8. The van der Waals surface area contributed by atoms with Crippen molar-refractivity contribution in [3.05, 3.63) is 42.6 Å². The molecule has 0 aliphatic carbocycles. The highest BCUT2D eigenvalue weighted by molar-refractivity contribution is 6.74. The van der Waals surface area contributed by atoms with Crippen molar-refractivity contribution in [2.24, 2.45) is 0 Å². The highest BCUT2D eigenvalue weighted by atomic mass is 28.4. The molecular weight excluding hydrogens is 411 g/mol. The third-order valence-electron chi connectivity index (χ3n) is 5.76. The Balaban J connectivity index is 1.79. The van der Waals surface area contributed by atoms with E-state index < -0.39 is 21.1 Å². The average Bonchev–Trinajstić information content (AvgIpc) is 2.70. The number of hydrogen-bond acceptors (Lipinski definition) is 6. The smallest absolute Gasteiger partial charge is 0.192 e. The fraction of sp³-hybridized carbons (Fsp3) is 0.391. The monoisotopic (exact) mass is 442 g/mol. The van der Waals surface area contributed by atoms with Crippen LogP contribution in [0.5, 0.6) is 5.75 Å². The van der Waals surface area contributed by atoms with Crippen molar-refractivity contribution < 1.29 is 13.6 Å². The Kier molecular flexibility index (Phi) is 6.52. The summed E-state index contributed by atoms with van der Waals surface area (Å²) < 4.78 is 25.6. The Morgan fingerprint density at radius 3 is 2.52 bits per heavy atom. The van der Waals surface area contributed by atoms with E-state index in [1.807, 2.05) is 30.3 Å². The first-order valence-corrected chi connectivity index (χ1v) is 13.2. The molecule has 2 aromatic heterocycles. The number of ether oxygens (including phenoxy) is 1. The lowest BCUT2D eigenvalue weighted by Gasteiger charge is -2.38. The number of pyridine rings is 2. The summed E-state index contributed by atoms with van der Waals surface area (Å²) in [6.07, 6.45) is 0.986. The maximum absolute atomic E-state index is 13.7. The molecular formula is C23H31FN4O2Si. The maximum Gasteiger partial charge on any atom is 0.192 e. The number of alkyl halides is 1. The van der Waals surface area contributed by atoms with E-state index in [9.17, 15) is 4.39 Å². The van der Waals surface area contributed by atoms with Gasteiger partial charge in [0.05, 0.1) is 11.2 Å². The summed E-state index contributed by atoms with van der Waals surface area (Å²) in [5.41, 5.74) is 14.8. The van der Waals surface area contributed by atoms with Crippen LogP contribution in [0.15, 0.2) is 42.6 Å². The first-order chi connectivity index (χ1) is 14.5. The number of nitrogen functional groups attached to an aromatic ring is 2. The maximum atomic E-state index is 13.7. The number of hydrogen-bond donors (Lipinski definition) is 2. The standard InChI is InChI=1S/C23H31FN4O2Si/c1-23(2,3)31(4,5)30-18(12-24)14-29-21-11-16(13-27-22(21)26)20-8-6-15-10-17(25)7-9-19(15)28-20/h6-11,13,18H,12,14,25H2,1-5H3,(H2,26,27). The quantitative estimate of drug-likeness (QED) is 0.386. The summed E-state index contributed by atoms with van der Waals surface area (Å²) in [4.78, 5) is 8.91. The van der Waals surface area contributed by atoms with Crippen molar-refractivity contribution in [3.8, 4) is 17.0 Å². The summed E-state index contributed by atoms with van der Waals surface area (Å²) in [7, 11) is -2.12. The lowest BCUT2D eigenvalue weighted by molar-refractivity contribution is 0.0922. The van der Waals surface area contributed by atoms with E-state index in [1.54, 1.807) is 12.3 Å². The van der Waals surface area contributed by atoms with Crippen LogP contribution in [0.3, 0.4) is 0 Å². The fourth-order valence-electron chi connectivity index (χ4n) is 2.90. The second-order valence-electron chi connectivity index (χ2n) is 9.22. The van der Waals surface area contributed by atoms with E-state index in [-0.39, 0.29) is 17.5 Å². The first kappa shape index (κ1) is 23.0. The van der Waals surface area contributed by atoms with Crippen molar-refractivity contribution >= 4 is 30.7 Å². The van der Waals surface area contributed by atoms with Gasteiger partial charge in [-0.3, -0.25) is 0 Å². The largest absolute Gasteiger partial charge is 0.487 e. The molecule has 0 bridgehead atoms. The number of nitrogens with zero attached hydrogens (tertiary/aromatic N) is 2. The Bertz CT molecular complexity index is 1070. The van der Waals surface area contributed by atoms with E-state index in [4.69, 9.17) is 20.6 Å². The molecule has 31 heavy (non-hydrogen) atoms. The normalized spacial score (nSPS) is 13.4. The minimum atomic E-state index is -2.12. The van der Waals surface area contributed by atoms with E-state index in [1.165, 1.54) is 0 Å². The van der Waals surface area contributed by atoms with Gasteiger partial charge < -0.3 is 20.6 Å². The fourth-order valence-corrected chi connectivity index (χ4v) is 4.22. The molecule has 0 aliphatic heterocycles. The van der Waals surface area contributed by atoms with Gasteiger partial charge in [0.15, 0.2) is 19.9 Å². The number of halogens is 1. The average molecular weight is 443 g/mol. The third-order valence-corrected chi connectivity index (χ3v) is 10.3. The van der Waals surface area contributed by atoms with Crippen LogP contribution in [0.2, 0.25) is 18.1 Å². The summed E-state index contributed by atoms with van der Waals surface area (Å²) >= 11 is 0. The molecule has 0 spiro atoms. The highest BCUT2D eigenvalue weighted by Crippen LogP contribution is 2.37. The van der Waals surface area contributed by atoms with Gasteiger partial charge in [-0.15, -0.1) is 0 Å². The Morgan fingerprint density at radius 2 is 1.84 bits per heavy atom. The molecule has 8 heteroatoms. The lowest BCUT2D eigenvalue weighted by atomic mass is 10.1. The van der Waals surface area contributed by atoms with Crippen LogP contribution < -0.4 is 16.2 Å². The molecule has 4 N–H and O–H groups in total. The number of nitrogens with two attached hydrogens (primary N) is 2. The molecule has 0 saturated heterocycles. The van der Waals surface area contributed by atoms with E-state index >= 15 is 0 Å². The molecule has 6 nitrogen and oxygen atoms in total. The summed E-state index contributed by atoms with van der Waals surface area (Å²) in [5, 5.41) is 0.935. The molecule has 1 unspecified atom stereocenters. The minimum Gasteiger partial charge on any atom is -0.487 e.